The van der Waals surface area contributed by atoms with E-state index >= 15 is 0 Å². The second-order valence-electron chi connectivity index (χ2n) is 3.12. The van der Waals surface area contributed by atoms with E-state index in [0.29, 0.717) is 5.92 Å². The molecular weight excluding hydrogens is 142 g/mol. The van der Waals surface area contributed by atoms with Gasteiger partial charge in [0.15, 0.2) is 0 Å². The first-order valence-corrected chi connectivity index (χ1v) is 4.17. The Labute approximate surface area is 67.0 Å². The fourth-order valence-corrected chi connectivity index (χ4v) is 1.61. The fourth-order valence-electron chi connectivity index (χ4n) is 1.61. The van der Waals surface area contributed by atoms with E-state index in [1.165, 1.54) is 0 Å². The molecule has 0 saturated carbocycles. The molecule has 1 heterocycles. The van der Waals surface area contributed by atoms with Gasteiger partial charge in [-0.25, -0.2) is 0 Å². The number of piperidine rings is 1. The first-order chi connectivity index (χ1) is 5.36. The molecule has 0 aromatic carbocycles. The van der Waals surface area contributed by atoms with Gasteiger partial charge in [-0.05, 0) is 25.2 Å². The molecule has 1 atom stereocenters. The van der Waals surface area contributed by atoms with Gasteiger partial charge >= 0.3 is 0 Å². The zero-order valence-electron chi connectivity index (χ0n) is 6.70. The Kier molecular flexibility index (Phi) is 3.36. The van der Waals surface area contributed by atoms with Crippen LogP contribution < -0.4 is 0 Å². The number of aliphatic hydroxyl groups is 1. The van der Waals surface area contributed by atoms with Gasteiger partial charge in [0.25, 0.3) is 0 Å². The van der Waals surface area contributed by atoms with Crippen LogP contribution in [0.3, 0.4) is 0 Å². The lowest BCUT2D eigenvalue weighted by atomic mass is 9.96. The molecule has 1 aliphatic heterocycles. The molecule has 1 saturated heterocycles. The van der Waals surface area contributed by atoms with Crippen molar-refractivity contribution < 1.29 is 9.90 Å². The van der Waals surface area contributed by atoms with Crippen molar-refractivity contribution in [2.24, 2.45) is 5.92 Å². The lowest BCUT2D eigenvalue weighted by Gasteiger charge is -2.29. The summed E-state index contributed by atoms with van der Waals surface area (Å²) in [6.45, 7) is 1.98. The third-order valence-corrected chi connectivity index (χ3v) is 2.24. The lowest BCUT2D eigenvalue weighted by Crippen LogP contribution is -2.34. The quantitative estimate of drug-likeness (QED) is 0.596. The van der Waals surface area contributed by atoms with Crippen LogP contribution >= 0.6 is 0 Å². The zero-order valence-corrected chi connectivity index (χ0v) is 6.70. The van der Waals surface area contributed by atoms with Crippen LogP contribution in [0.15, 0.2) is 0 Å². The van der Waals surface area contributed by atoms with E-state index < -0.39 is 0 Å². The molecule has 0 bridgehead atoms. The molecule has 1 amide bonds. The highest BCUT2D eigenvalue weighted by molar-refractivity contribution is 5.47. The van der Waals surface area contributed by atoms with Gasteiger partial charge in [0, 0.05) is 19.7 Å². The number of rotatable bonds is 3. The molecule has 1 aliphatic rings. The highest BCUT2D eigenvalue weighted by Crippen LogP contribution is 2.17. The summed E-state index contributed by atoms with van der Waals surface area (Å²) in [4.78, 5) is 12.2. The zero-order chi connectivity index (χ0) is 8.10. The molecule has 64 valence electrons. The average molecular weight is 157 g/mol. The molecule has 3 heteroatoms. The summed E-state index contributed by atoms with van der Waals surface area (Å²) < 4.78 is 0. The molecule has 1 N–H and O–H groups in total. The molecule has 3 nitrogen and oxygen atoms in total. The van der Waals surface area contributed by atoms with Crippen LogP contribution in [0.4, 0.5) is 0 Å². The highest BCUT2D eigenvalue weighted by atomic mass is 16.3. The Morgan fingerprint density at radius 1 is 1.64 bits per heavy atom. The maximum atomic E-state index is 10.4. The van der Waals surface area contributed by atoms with Gasteiger partial charge < -0.3 is 10.0 Å². The number of carbonyl (C=O) groups is 1. The van der Waals surface area contributed by atoms with Crippen molar-refractivity contribution in [2.75, 3.05) is 19.7 Å². The van der Waals surface area contributed by atoms with Crippen LogP contribution in [0.25, 0.3) is 0 Å². The van der Waals surface area contributed by atoms with E-state index in [1.807, 2.05) is 0 Å². The van der Waals surface area contributed by atoms with Crippen LogP contribution in [0.1, 0.15) is 19.3 Å². The molecule has 0 spiro atoms. The third-order valence-electron chi connectivity index (χ3n) is 2.24. The van der Waals surface area contributed by atoms with Crippen LogP contribution in [0.2, 0.25) is 0 Å². The molecule has 0 aliphatic carbocycles. The smallest absolute Gasteiger partial charge is 0.209 e. The second kappa shape index (κ2) is 4.34. The average Bonchev–Trinajstić information content (AvgIpc) is 2.06. The molecule has 0 aromatic heterocycles. The second-order valence-corrected chi connectivity index (χ2v) is 3.12. The Morgan fingerprint density at radius 2 is 2.45 bits per heavy atom. The number of aliphatic hydroxyl groups excluding tert-OH is 1. The van der Waals surface area contributed by atoms with E-state index in [2.05, 4.69) is 0 Å². The molecule has 0 radical (unpaired) electrons. The van der Waals surface area contributed by atoms with Gasteiger partial charge in [-0.2, -0.15) is 0 Å². The van der Waals surface area contributed by atoms with Crippen molar-refractivity contribution in [1.82, 2.24) is 4.90 Å². The maximum Gasteiger partial charge on any atom is 0.209 e. The van der Waals surface area contributed by atoms with E-state index in [1.54, 1.807) is 4.90 Å². The number of nitrogens with zero attached hydrogens (tertiary/aromatic N) is 1. The summed E-state index contributed by atoms with van der Waals surface area (Å²) in [5, 5.41) is 8.67. The largest absolute Gasteiger partial charge is 0.396 e. The van der Waals surface area contributed by atoms with Crippen molar-refractivity contribution in [3.8, 4) is 0 Å². The monoisotopic (exact) mass is 157 g/mol. The highest BCUT2D eigenvalue weighted by Gasteiger charge is 2.17. The van der Waals surface area contributed by atoms with Crippen LogP contribution in [-0.4, -0.2) is 36.1 Å². The fraction of sp³-hybridized carbons (Fsp3) is 0.875. The Balaban J connectivity index is 2.27. The summed E-state index contributed by atoms with van der Waals surface area (Å²) in [6.07, 6.45) is 3.99. The van der Waals surface area contributed by atoms with Crippen molar-refractivity contribution in [3.05, 3.63) is 0 Å². The molecule has 11 heavy (non-hydrogen) atoms. The standard InChI is InChI=1S/C8H15NO2/c10-5-3-8-2-1-4-9(6-8)7-11/h7-8,10H,1-6H2/t8-/m0/s1. The minimum absolute atomic E-state index is 0.247. The Morgan fingerprint density at radius 3 is 3.09 bits per heavy atom. The van der Waals surface area contributed by atoms with Crippen LogP contribution in [0, 0.1) is 5.92 Å². The van der Waals surface area contributed by atoms with E-state index in [0.717, 1.165) is 38.8 Å². The van der Waals surface area contributed by atoms with Crippen molar-refractivity contribution in [3.63, 3.8) is 0 Å². The molecular formula is C8H15NO2. The SMILES string of the molecule is O=CN1CCC[C@@H](CCO)C1. The summed E-state index contributed by atoms with van der Waals surface area (Å²) in [5.74, 6) is 0.527. The van der Waals surface area contributed by atoms with Gasteiger partial charge in [0.2, 0.25) is 6.41 Å². The number of hydrogen-bond donors (Lipinski definition) is 1. The molecule has 1 rings (SSSR count). The van der Waals surface area contributed by atoms with Gasteiger partial charge in [-0.3, -0.25) is 4.79 Å². The summed E-state index contributed by atoms with van der Waals surface area (Å²) in [5.41, 5.74) is 0. The van der Waals surface area contributed by atoms with E-state index in [9.17, 15) is 4.79 Å². The maximum absolute atomic E-state index is 10.4. The number of hydrogen-bond acceptors (Lipinski definition) is 2. The predicted octanol–water partition coefficient (Wildman–Crippen LogP) is 0.237. The van der Waals surface area contributed by atoms with E-state index in [4.69, 9.17) is 5.11 Å². The van der Waals surface area contributed by atoms with Gasteiger partial charge in [0.05, 0.1) is 0 Å². The first kappa shape index (κ1) is 8.53. The van der Waals surface area contributed by atoms with Gasteiger partial charge in [-0.15, -0.1) is 0 Å². The van der Waals surface area contributed by atoms with Crippen LogP contribution in [-0.2, 0) is 4.79 Å². The molecule has 0 unspecified atom stereocenters. The minimum Gasteiger partial charge on any atom is -0.396 e. The third kappa shape index (κ3) is 2.50. The van der Waals surface area contributed by atoms with Gasteiger partial charge in [-0.1, -0.05) is 0 Å². The Hall–Kier alpha value is -0.570. The molecule has 1 fully saturated rings. The predicted molar refractivity (Wildman–Crippen MR) is 42.1 cm³/mol. The summed E-state index contributed by atoms with van der Waals surface area (Å²) in [7, 11) is 0. The number of amides is 1. The van der Waals surface area contributed by atoms with Gasteiger partial charge in [0.1, 0.15) is 0 Å². The summed E-state index contributed by atoms with van der Waals surface area (Å²) >= 11 is 0. The minimum atomic E-state index is 0.247. The normalized spacial score (nSPS) is 25.2. The van der Waals surface area contributed by atoms with Crippen LogP contribution in [0.5, 0.6) is 0 Å². The number of carbonyl (C=O) groups excluding carboxylic acids is 1. The van der Waals surface area contributed by atoms with Crippen molar-refractivity contribution in [2.45, 2.75) is 19.3 Å². The van der Waals surface area contributed by atoms with E-state index in [-0.39, 0.29) is 6.61 Å². The lowest BCUT2D eigenvalue weighted by molar-refractivity contribution is -0.119. The van der Waals surface area contributed by atoms with Crippen molar-refractivity contribution in [1.29, 1.82) is 0 Å². The number of likely N-dealkylation sites (tertiary alicyclic amines) is 1. The topological polar surface area (TPSA) is 40.5 Å². The van der Waals surface area contributed by atoms with Crippen molar-refractivity contribution >= 4 is 6.41 Å². The molecule has 0 aromatic rings. The first-order valence-electron chi connectivity index (χ1n) is 4.17. The summed E-state index contributed by atoms with van der Waals surface area (Å²) in [6, 6.07) is 0. The Bertz CT molecular complexity index is 125.